The molecule has 0 saturated carbocycles. The molecule has 1 amide bonds. The minimum Gasteiger partial charge on any atom is -0.493 e. The number of amides is 1. The van der Waals surface area contributed by atoms with Gasteiger partial charge in [-0.25, -0.2) is 0 Å². The fraction of sp³-hybridized carbons (Fsp3) is 0.462. The van der Waals surface area contributed by atoms with Crippen molar-refractivity contribution < 1.29 is 14.3 Å². The fourth-order valence-corrected chi connectivity index (χ4v) is 2.09. The molecule has 1 aliphatic rings. The average Bonchev–Trinajstić information content (AvgIpc) is 2.82. The van der Waals surface area contributed by atoms with Crippen LogP contribution in [0.4, 0.5) is 5.69 Å². The maximum Gasteiger partial charge on any atom is 0.227 e. The Kier molecular flexibility index (Phi) is 4.31. The van der Waals surface area contributed by atoms with Gasteiger partial charge >= 0.3 is 0 Å². The Balaban J connectivity index is 2.24. The normalized spacial score (nSPS) is 15.0. The van der Waals surface area contributed by atoms with Gasteiger partial charge in [0.2, 0.25) is 5.91 Å². The number of carbonyl (C=O) groups excluding carboxylic acids is 1. The summed E-state index contributed by atoms with van der Waals surface area (Å²) in [5, 5.41) is 0. The highest BCUT2D eigenvalue weighted by Gasteiger charge is 2.22. The van der Waals surface area contributed by atoms with Crippen LogP contribution in [0.1, 0.15) is 12.8 Å². The van der Waals surface area contributed by atoms with Crippen molar-refractivity contribution in [2.75, 3.05) is 31.0 Å². The number of hydrogen-bond donors (Lipinski definition) is 0. The van der Waals surface area contributed by atoms with Gasteiger partial charge in [0, 0.05) is 24.7 Å². The van der Waals surface area contributed by atoms with Crippen molar-refractivity contribution in [1.82, 2.24) is 0 Å². The summed E-state index contributed by atoms with van der Waals surface area (Å²) in [6.45, 7) is 1.18. The molecule has 18 heavy (non-hydrogen) atoms. The fourth-order valence-electron chi connectivity index (χ4n) is 2.02. The lowest BCUT2D eigenvalue weighted by Gasteiger charge is -2.18. The van der Waals surface area contributed by atoms with E-state index in [-0.39, 0.29) is 5.91 Å². The highest BCUT2D eigenvalue weighted by Crippen LogP contribution is 2.33. The van der Waals surface area contributed by atoms with Crippen molar-refractivity contribution in [3.8, 4) is 11.5 Å². The number of hydrogen-bond acceptors (Lipinski definition) is 3. The number of methoxy groups -OCH3 is 1. The first kappa shape index (κ1) is 13.0. The van der Waals surface area contributed by atoms with Crippen molar-refractivity contribution >= 4 is 23.2 Å². The first-order valence-electron chi connectivity index (χ1n) is 5.93. The van der Waals surface area contributed by atoms with Crippen LogP contribution in [0.25, 0.3) is 0 Å². The van der Waals surface area contributed by atoms with E-state index in [0.717, 1.165) is 18.7 Å². The van der Waals surface area contributed by atoms with Crippen LogP contribution in [-0.2, 0) is 4.79 Å². The second kappa shape index (κ2) is 5.96. The van der Waals surface area contributed by atoms with Crippen LogP contribution in [0.2, 0.25) is 0 Å². The zero-order chi connectivity index (χ0) is 13.0. The largest absolute Gasteiger partial charge is 0.493 e. The lowest BCUT2D eigenvalue weighted by Crippen LogP contribution is -2.23. The van der Waals surface area contributed by atoms with Gasteiger partial charge < -0.3 is 14.4 Å². The van der Waals surface area contributed by atoms with Crippen molar-refractivity contribution in [3.05, 3.63) is 18.2 Å². The van der Waals surface area contributed by atoms with Gasteiger partial charge in [0.15, 0.2) is 11.5 Å². The molecule has 1 aromatic carbocycles. The highest BCUT2D eigenvalue weighted by molar-refractivity contribution is 6.18. The summed E-state index contributed by atoms with van der Waals surface area (Å²) < 4.78 is 10.7. The monoisotopic (exact) mass is 269 g/mol. The van der Waals surface area contributed by atoms with Crippen LogP contribution >= 0.6 is 11.6 Å². The molecule has 0 aromatic heterocycles. The summed E-state index contributed by atoms with van der Waals surface area (Å²) in [7, 11) is 1.59. The van der Waals surface area contributed by atoms with Gasteiger partial charge in [-0.3, -0.25) is 4.79 Å². The highest BCUT2D eigenvalue weighted by atomic mass is 35.5. The number of halogens is 1. The third kappa shape index (κ3) is 2.70. The summed E-state index contributed by atoms with van der Waals surface area (Å²) in [5.41, 5.74) is 0.850. The topological polar surface area (TPSA) is 38.8 Å². The molecule has 2 rings (SSSR count). The molecule has 1 aromatic rings. The molecule has 0 bridgehead atoms. The Morgan fingerprint density at radius 1 is 1.39 bits per heavy atom. The molecule has 1 fully saturated rings. The lowest BCUT2D eigenvalue weighted by atomic mass is 10.2. The van der Waals surface area contributed by atoms with Crippen LogP contribution < -0.4 is 14.4 Å². The second-order valence-electron chi connectivity index (χ2n) is 4.02. The van der Waals surface area contributed by atoms with E-state index in [1.807, 2.05) is 18.2 Å². The van der Waals surface area contributed by atoms with E-state index in [0.29, 0.717) is 30.4 Å². The maximum atomic E-state index is 11.7. The minimum absolute atomic E-state index is 0.156. The molecule has 0 atom stereocenters. The van der Waals surface area contributed by atoms with E-state index in [9.17, 15) is 4.79 Å². The number of alkyl halides is 1. The summed E-state index contributed by atoms with van der Waals surface area (Å²) in [5.74, 6) is 1.84. The van der Waals surface area contributed by atoms with Gasteiger partial charge in [-0.05, 0) is 18.6 Å². The van der Waals surface area contributed by atoms with E-state index in [1.54, 1.807) is 12.0 Å². The van der Waals surface area contributed by atoms with Crippen LogP contribution in [0.15, 0.2) is 18.2 Å². The van der Waals surface area contributed by atoms with Crippen molar-refractivity contribution in [1.29, 1.82) is 0 Å². The SMILES string of the molecule is COc1ccc(N2CCCC2=O)cc1OCCCl. The zero-order valence-electron chi connectivity index (χ0n) is 10.3. The van der Waals surface area contributed by atoms with Gasteiger partial charge in [-0.1, -0.05) is 0 Å². The predicted octanol–water partition coefficient (Wildman–Crippen LogP) is 2.44. The van der Waals surface area contributed by atoms with E-state index in [1.165, 1.54) is 0 Å². The van der Waals surface area contributed by atoms with E-state index in [4.69, 9.17) is 21.1 Å². The number of anilines is 1. The van der Waals surface area contributed by atoms with Crippen molar-refractivity contribution in [3.63, 3.8) is 0 Å². The smallest absolute Gasteiger partial charge is 0.227 e. The quantitative estimate of drug-likeness (QED) is 0.771. The molecule has 0 unspecified atom stereocenters. The Hall–Kier alpha value is -1.42. The first-order valence-corrected chi connectivity index (χ1v) is 6.47. The molecule has 5 heteroatoms. The number of benzene rings is 1. The van der Waals surface area contributed by atoms with Crippen molar-refractivity contribution in [2.45, 2.75) is 12.8 Å². The van der Waals surface area contributed by atoms with Crippen LogP contribution in [0.5, 0.6) is 11.5 Å². The molecule has 98 valence electrons. The van der Waals surface area contributed by atoms with Crippen LogP contribution in [-0.4, -0.2) is 32.0 Å². The molecule has 1 aliphatic heterocycles. The second-order valence-corrected chi connectivity index (χ2v) is 4.40. The van der Waals surface area contributed by atoms with Crippen LogP contribution in [0, 0.1) is 0 Å². The summed E-state index contributed by atoms with van der Waals surface area (Å²) >= 11 is 5.61. The van der Waals surface area contributed by atoms with Gasteiger partial charge in [-0.15, -0.1) is 11.6 Å². The lowest BCUT2D eigenvalue weighted by molar-refractivity contribution is -0.117. The van der Waals surface area contributed by atoms with Crippen LogP contribution in [0.3, 0.4) is 0 Å². The standard InChI is InChI=1S/C13H16ClNO3/c1-17-11-5-4-10(9-12(11)18-8-6-14)15-7-2-3-13(15)16/h4-5,9H,2-3,6-8H2,1H3. The van der Waals surface area contributed by atoms with E-state index < -0.39 is 0 Å². The summed E-state index contributed by atoms with van der Waals surface area (Å²) in [4.78, 5) is 13.5. The maximum absolute atomic E-state index is 11.7. The first-order chi connectivity index (χ1) is 8.76. The molecular weight excluding hydrogens is 254 g/mol. The Labute approximate surface area is 111 Å². The molecule has 1 heterocycles. The van der Waals surface area contributed by atoms with E-state index >= 15 is 0 Å². The number of carbonyl (C=O) groups is 1. The molecule has 0 radical (unpaired) electrons. The Bertz CT molecular complexity index is 436. The van der Waals surface area contributed by atoms with E-state index in [2.05, 4.69) is 0 Å². The molecule has 4 nitrogen and oxygen atoms in total. The Morgan fingerprint density at radius 2 is 2.22 bits per heavy atom. The molecule has 1 saturated heterocycles. The number of rotatable bonds is 5. The average molecular weight is 270 g/mol. The Morgan fingerprint density at radius 3 is 2.83 bits per heavy atom. The number of nitrogens with zero attached hydrogens (tertiary/aromatic N) is 1. The molecule has 0 aliphatic carbocycles. The van der Waals surface area contributed by atoms with Crippen molar-refractivity contribution in [2.24, 2.45) is 0 Å². The van der Waals surface area contributed by atoms with Gasteiger partial charge in [0.25, 0.3) is 0 Å². The summed E-state index contributed by atoms with van der Waals surface area (Å²) in [6.07, 6.45) is 1.52. The predicted molar refractivity (Wildman–Crippen MR) is 70.8 cm³/mol. The van der Waals surface area contributed by atoms with Gasteiger partial charge in [-0.2, -0.15) is 0 Å². The van der Waals surface area contributed by atoms with Gasteiger partial charge in [0.1, 0.15) is 6.61 Å². The molecular formula is C13H16ClNO3. The number of ether oxygens (including phenoxy) is 2. The molecule has 0 N–H and O–H groups in total. The third-order valence-electron chi connectivity index (χ3n) is 2.87. The third-order valence-corrected chi connectivity index (χ3v) is 3.02. The summed E-state index contributed by atoms with van der Waals surface area (Å²) in [6, 6.07) is 5.51. The van der Waals surface area contributed by atoms with Gasteiger partial charge in [0.05, 0.1) is 13.0 Å². The minimum atomic E-state index is 0.156. The zero-order valence-corrected chi connectivity index (χ0v) is 11.1. The molecule has 0 spiro atoms.